The number of nitrogens with zero attached hydrogens (tertiary/aromatic N) is 10. The number of aryl methyl sites for hydroxylation is 3. The van der Waals surface area contributed by atoms with Gasteiger partial charge in [-0.2, -0.15) is 13.2 Å². The molecule has 4 aromatic carbocycles. The van der Waals surface area contributed by atoms with Gasteiger partial charge in [0, 0.05) is 141 Å². The number of carbonyl (C=O) groups is 2. The minimum atomic E-state index is -4.56. The third kappa shape index (κ3) is 14.4. The maximum absolute atomic E-state index is 14.7. The summed E-state index contributed by atoms with van der Waals surface area (Å²) in [4.78, 5) is 61.1. The highest BCUT2D eigenvalue weighted by atomic mass is 19.4. The summed E-state index contributed by atoms with van der Waals surface area (Å²) in [5.74, 6) is -2.77. The quantitative estimate of drug-likeness (QED) is 0.0740. The third-order valence-electron chi connectivity index (χ3n) is 13.6. The Morgan fingerprint density at radius 1 is 0.675 bits per heavy atom. The number of carbonyl (C=O) groups excluding carboxylic acids is 2. The number of nitrogens with one attached hydrogen (secondary N) is 2. The fourth-order valence-electron chi connectivity index (χ4n) is 9.07. The molecule has 0 spiro atoms. The average molecular weight is 1090 g/mol. The number of hydrogen-bond donors (Lipinski definition) is 2. The van der Waals surface area contributed by atoms with Crippen molar-refractivity contribution in [1.29, 1.82) is 0 Å². The lowest BCUT2D eigenvalue weighted by atomic mass is 9.99. The monoisotopic (exact) mass is 1080 g/mol. The zero-order valence-electron chi connectivity index (χ0n) is 44.6. The highest BCUT2D eigenvalue weighted by Gasteiger charge is 2.32. The second kappa shape index (κ2) is 24.4. The minimum Gasteiger partial charge on any atom is -0.324 e. The van der Waals surface area contributed by atoms with E-state index in [0.717, 1.165) is 78.7 Å². The number of likely N-dealkylation sites (N-methyl/N-ethyl adjacent to an activating group) is 1. The molecule has 1 aliphatic heterocycles. The third-order valence-corrected chi connectivity index (χ3v) is 13.6. The van der Waals surface area contributed by atoms with Crippen molar-refractivity contribution in [2.75, 3.05) is 43.9 Å². The molecule has 10 rings (SSSR count). The van der Waals surface area contributed by atoms with Gasteiger partial charge in [0.2, 0.25) is 5.95 Å². The average Bonchev–Trinajstić information content (AvgIpc) is 3.89. The first kappa shape index (κ1) is 55.8. The number of imidazole rings is 1. The van der Waals surface area contributed by atoms with E-state index in [1.54, 1.807) is 98.8 Å². The molecule has 80 heavy (non-hydrogen) atoms. The van der Waals surface area contributed by atoms with Crippen LogP contribution in [0.2, 0.25) is 0 Å². The maximum Gasteiger partial charge on any atom is 0.416 e. The van der Waals surface area contributed by atoms with E-state index in [4.69, 9.17) is 0 Å². The van der Waals surface area contributed by atoms with Crippen LogP contribution >= 0.6 is 0 Å². The molecule has 1 saturated heterocycles. The Morgan fingerprint density at radius 2 is 1.36 bits per heavy atom. The van der Waals surface area contributed by atoms with Crippen LogP contribution in [0.15, 0.2) is 159 Å². The summed E-state index contributed by atoms with van der Waals surface area (Å²) in [5, 5.41) is 5.97. The zero-order chi connectivity index (χ0) is 56.6. The lowest BCUT2D eigenvalue weighted by Gasteiger charge is -2.33. The van der Waals surface area contributed by atoms with Crippen molar-refractivity contribution in [3.8, 4) is 28.2 Å². The summed E-state index contributed by atoms with van der Waals surface area (Å²) in [5.41, 5.74) is 8.54. The van der Waals surface area contributed by atoms with E-state index >= 15 is 0 Å². The summed E-state index contributed by atoms with van der Waals surface area (Å²) in [6, 6.07) is 30.0. The van der Waals surface area contributed by atoms with Crippen molar-refractivity contribution in [3.63, 3.8) is 0 Å². The van der Waals surface area contributed by atoms with Crippen molar-refractivity contribution in [2.45, 2.75) is 59.2 Å². The highest BCUT2D eigenvalue weighted by Crippen LogP contribution is 2.35. The van der Waals surface area contributed by atoms with Crippen LogP contribution < -0.4 is 10.6 Å². The molecule has 1 amide bonds. The number of halogens is 5. The van der Waals surface area contributed by atoms with Gasteiger partial charge < -0.3 is 20.1 Å². The van der Waals surface area contributed by atoms with Crippen LogP contribution in [0.1, 0.15) is 78.1 Å². The lowest BCUT2D eigenvalue weighted by molar-refractivity contribution is -0.137. The number of hydrogen-bond acceptors (Lipinski definition) is 12. The number of anilines is 3. The first-order chi connectivity index (χ1) is 38.3. The number of aromatic nitrogens is 8. The highest BCUT2D eigenvalue weighted by molar-refractivity contribution is 6.04. The first-order valence-corrected chi connectivity index (χ1v) is 25.7. The standard InChI is InChI=1S/C32H34F2N6O.C29H23F3N6O/c1-22-6-7-23(17-26(22)18-30-36-12-10-29(38-30)24-5-4-11-35-20-24)31(41)37-27-9-8-25(28(19-27)32(2,33)34)21-40-15-13-39(3)14-16-40;1-18-5-6-21(13-26(18)37-28-34-9-7-25(36-28)22-4-3-8-33-15-22)27(39)12-20-10-23(29(30,31)32)14-24(11-20)38-16-19(2)35-17-38/h4-12,17,19-20H,13-16,18,21H2,1-3H3,(H,37,41);3-11,13-17H,12H2,1-2H3,(H,34,36,37). The molecule has 5 aromatic heterocycles. The van der Waals surface area contributed by atoms with Gasteiger partial charge in [0.25, 0.3) is 11.8 Å². The largest absolute Gasteiger partial charge is 0.416 e. The van der Waals surface area contributed by atoms with E-state index in [1.807, 2.05) is 56.3 Å². The van der Waals surface area contributed by atoms with Crippen LogP contribution in [0.4, 0.5) is 39.3 Å². The molecule has 2 N–H and O–H groups in total. The molecule has 6 heterocycles. The molecular weight excluding hydrogens is 1030 g/mol. The van der Waals surface area contributed by atoms with Crippen molar-refractivity contribution in [2.24, 2.45) is 0 Å². The van der Waals surface area contributed by atoms with Crippen LogP contribution in [-0.4, -0.2) is 94.2 Å². The Morgan fingerprint density at radius 3 is 2.02 bits per heavy atom. The summed E-state index contributed by atoms with van der Waals surface area (Å²) in [6.07, 6.45) is 8.91. The van der Waals surface area contributed by atoms with Crippen LogP contribution in [-0.2, 0) is 31.5 Å². The van der Waals surface area contributed by atoms with E-state index in [9.17, 15) is 31.5 Å². The number of pyridine rings is 2. The van der Waals surface area contributed by atoms with E-state index in [1.165, 1.54) is 17.0 Å². The molecule has 408 valence electrons. The molecule has 1 aliphatic rings. The van der Waals surface area contributed by atoms with Gasteiger partial charge in [-0.15, -0.1) is 0 Å². The molecule has 9 aromatic rings. The van der Waals surface area contributed by atoms with Gasteiger partial charge in [0.15, 0.2) is 5.78 Å². The van der Waals surface area contributed by atoms with Gasteiger partial charge >= 0.3 is 6.18 Å². The van der Waals surface area contributed by atoms with Gasteiger partial charge in [0.05, 0.1) is 29.0 Å². The Bertz CT molecular complexity index is 3640. The smallest absolute Gasteiger partial charge is 0.324 e. The minimum absolute atomic E-state index is 0.0653. The number of Topliss-reactive ketones (excluding diaryl/α,β-unsaturated/α-hetero) is 1. The SMILES string of the molecule is Cc1ccc(C(=O)Nc2ccc(CN3CCN(C)CC3)c(C(C)(F)F)c2)cc1Cc1nccc(-c2cccnc2)n1.Cc1cn(-c2cc(CC(=O)c3ccc(C)c(Nc4nccc(-c5cccnc5)n4)c3)cc(C(F)(F)F)c2)cn1. The van der Waals surface area contributed by atoms with E-state index in [2.05, 4.69) is 62.4 Å². The topological polar surface area (TPSA) is 160 Å². The van der Waals surface area contributed by atoms with Crippen molar-refractivity contribution in [1.82, 2.24) is 49.3 Å². The normalized spacial score (nSPS) is 13.1. The van der Waals surface area contributed by atoms with Gasteiger partial charge in [-0.1, -0.05) is 24.3 Å². The van der Waals surface area contributed by atoms with Crippen molar-refractivity contribution in [3.05, 3.63) is 220 Å². The lowest BCUT2D eigenvalue weighted by Crippen LogP contribution is -2.44. The van der Waals surface area contributed by atoms with Gasteiger partial charge in [-0.3, -0.25) is 24.5 Å². The molecule has 0 bridgehead atoms. The summed E-state index contributed by atoms with van der Waals surface area (Å²) in [7, 11) is 2.06. The van der Waals surface area contributed by atoms with E-state index < -0.39 is 17.7 Å². The van der Waals surface area contributed by atoms with Crippen molar-refractivity contribution < 1.29 is 31.5 Å². The number of amides is 1. The Labute approximate surface area is 459 Å². The molecule has 0 atom stereocenters. The van der Waals surface area contributed by atoms with Gasteiger partial charge in [-0.25, -0.2) is 33.7 Å². The molecule has 14 nitrogen and oxygen atoms in total. The molecule has 0 radical (unpaired) electrons. The first-order valence-electron chi connectivity index (χ1n) is 25.7. The second-order valence-electron chi connectivity index (χ2n) is 19.8. The van der Waals surface area contributed by atoms with Gasteiger partial charge in [-0.05, 0) is 141 Å². The molecule has 0 saturated carbocycles. The predicted molar refractivity (Wildman–Crippen MR) is 297 cm³/mol. The molecule has 0 unspecified atom stereocenters. The number of benzene rings is 4. The van der Waals surface area contributed by atoms with Gasteiger partial charge in [0.1, 0.15) is 5.82 Å². The number of rotatable bonds is 15. The van der Waals surface area contributed by atoms with Crippen LogP contribution in [0.25, 0.3) is 28.2 Å². The Balaban J connectivity index is 0.000000194. The molecular formula is C61H57F5N12O2. The number of alkyl halides is 5. The summed E-state index contributed by atoms with van der Waals surface area (Å²) >= 11 is 0. The number of piperazine rings is 1. The Hall–Kier alpha value is -8.94. The number of ketones is 1. The zero-order valence-corrected chi connectivity index (χ0v) is 44.6. The van der Waals surface area contributed by atoms with Crippen LogP contribution in [0.3, 0.4) is 0 Å². The molecule has 1 fully saturated rings. The van der Waals surface area contributed by atoms with E-state index in [-0.39, 0.29) is 34.9 Å². The second-order valence-corrected chi connectivity index (χ2v) is 19.8. The van der Waals surface area contributed by atoms with Crippen LogP contribution in [0.5, 0.6) is 0 Å². The summed E-state index contributed by atoms with van der Waals surface area (Å²) in [6.45, 7) is 10.4. The van der Waals surface area contributed by atoms with E-state index in [0.29, 0.717) is 64.2 Å². The van der Waals surface area contributed by atoms with Crippen molar-refractivity contribution >= 4 is 29.0 Å². The Kier molecular flexibility index (Phi) is 17.0. The fraction of sp³-hybridized carbons (Fsp3) is 0.230. The molecule has 0 aliphatic carbocycles. The fourth-order valence-corrected chi connectivity index (χ4v) is 9.07. The predicted octanol–water partition coefficient (Wildman–Crippen LogP) is 12.1. The maximum atomic E-state index is 14.7. The van der Waals surface area contributed by atoms with Crippen LogP contribution in [0, 0.1) is 20.8 Å². The molecule has 19 heteroatoms. The summed E-state index contributed by atoms with van der Waals surface area (Å²) < 4.78 is 71.7.